The van der Waals surface area contributed by atoms with Crippen molar-refractivity contribution in [1.29, 1.82) is 0 Å². The minimum Gasteiger partial charge on any atom is -0.379 e. The molecule has 0 aromatic heterocycles. The van der Waals surface area contributed by atoms with Crippen LogP contribution in [0.5, 0.6) is 0 Å². The molecule has 3 rings (SSSR count). The zero-order valence-corrected chi connectivity index (χ0v) is 16.3. The average molecular weight is 427 g/mol. The second-order valence-corrected chi connectivity index (χ2v) is 9.22. The van der Waals surface area contributed by atoms with Crippen LogP contribution in [0.1, 0.15) is 18.4 Å². The molecule has 0 amide bonds. The molecular formula is C17H22ClF3N2O3S. The molecule has 27 heavy (non-hydrogen) atoms. The minimum atomic E-state index is -4.62. The maximum absolute atomic E-state index is 12.9. The first-order valence-electron chi connectivity index (χ1n) is 8.85. The SMILES string of the molecule is O=S(=O)(c1cc(C(F)(F)F)ccc1Cl)N1CCC(CN2CCOCC2)CC1. The molecular weight excluding hydrogens is 405 g/mol. The van der Waals surface area contributed by atoms with E-state index < -0.39 is 26.7 Å². The first-order valence-corrected chi connectivity index (χ1v) is 10.7. The van der Waals surface area contributed by atoms with Gasteiger partial charge in [0.2, 0.25) is 10.0 Å². The molecule has 0 aliphatic carbocycles. The number of piperidine rings is 1. The molecule has 2 aliphatic rings. The van der Waals surface area contributed by atoms with Gasteiger partial charge < -0.3 is 4.74 Å². The maximum Gasteiger partial charge on any atom is 0.416 e. The molecule has 2 heterocycles. The second-order valence-electron chi connectivity index (χ2n) is 6.90. The third-order valence-corrected chi connectivity index (χ3v) is 7.45. The number of hydrogen-bond acceptors (Lipinski definition) is 4. The van der Waals surface area contributed by atoms with Crippen LogP contribution in [0.2, 0.25) is 5.02 Å². The van der Waals surface area contributed by atoms with Crippen molar-refractivity contribution in [2.45, 2.75) is 23.9 Å². The Kier molecular flexibility index (Phi) is 6.37. The lowest BCUT2D eigenvalue weighted by atomic mass is 9.97. The highest BCUT2D eigenvalue weighted by molar-refractivity contribution is 7.89. The highest BCUT2D eigenvalue weighted by Crippen LogP contribution is 2.35. The van der Waals surface area contributed by atoms with Gasteiger partial charge in [-0.1, -0.05) is 11.6 Å². The average Bonchev–Trinajstić information content (AvgIpc) is 2.62. The van der Waals surface area contributed by atoms with Gasteiger partial charge in [-0.15, -0.1) is 0 Å². The van der Waals surface area contributed by atoms with E-state index in [-0.39, 0.29) is 18.1 Å². The van der Waals surface area contributed by atoms with E-state index in [1.807, 2.05) is 0 Å². The third-order valence-electron chi connectivity index (χ3n) is 5.07. The van der Waals surface area contributed by atoms with E-state index >= 15 is 0 Å². The molecule has 0 unspecified atom stereocenters. The fourth-order valence-electron chi connectivity index (χ4n) is 3.50. The van der Waals surface area contributed by atoms with Crippen LogP contribution < -0.4 is 0 Å². The van der Waals surface area contributed by atoms with Crippen molar-refractivity contribution in [2.75, 3.05) is 45.9 Å². The Morgan fingerprint density at radius 2 is 1.74 bits per heavy atom. The molecule has 0 atom stereocenters. The van der Waals surface area contributed by atoms with Crippen LogP contribution in [0, 0.1) is 5.92 Å². The molecule has 2 saturated heterocycles. The molecule has 0 N–H and O–H groups in total. The standard InChI is InChI=1S/C17H22ClF3N2O3S/c18-15-2-1-14(17(19,20)21)11-16(15)27(24,25)23-5-3-13(4-6-23)12-22-7-9-26-10-8-22/h1-2,11,13H,3-10,12H2. The molecule has 10 heteroatoms. The number of morpholine rings is 1. The monoisotopic (exact) mass is 426 g/mol. The number of alkyl halides is 3. The van der Waals surface area contributed by atoms with Crippen molar-refractivity contribution in [1.82, 2.24) is 9.21 Å². The first-order chi connectivity index (χ1) is 12.7. The smallest absolute Gasteiger partial charge is 0.379 e. The van der Waals surface area contributed by atoms with Gasteiger partial charge in [-0.05, 0) is 37.0 Å². The van der Waals surface area contributed by atoms with Crippen molar-refractivity contribution in [3.05, 3.63) is 28.8 Å². The van der Waals surface area contributed by atoms with E-state index in [9.17, 15) is 21.6 Å². The molecule has 1 aromatic rings. The number of halogens is 4. The van der Waals surface area contributed by atoms with Crippen LogP contribution in [0.15, 0.2) is 23.1 Å². The van der Waals surface area contributed by atoms with Crippen LogP contribution in [0.3, 0.4) is 0 Å². The summed E-state index contributed by atoms with van der Waals surface area (Å²) in [7, 11) is -4.06. The maximum atomic E-state index is 12.9. The summed E-state index contributed by atoms with van der Waals surface area (Å²) >= 11 is 5.92. The van der Waals surface area contributed by atoms with E-state index in [1.165, 1.54) is 4.31 Å². The van der Waals surface area contributed by atoms with Crippen LogP contribution in [0.4, 0.5) is 13.2 Å². The van der Waals surface area contributed by atoms with Gasteiger partial charge in [0.15, 0.2) is 0 Å². The number of ether oxygens (including phenoxy) is 1. The fourth-order valence-corrected chi connectivity index (χ4v) is 5.47. The Morgan fingerprint density at radius 1 is 1.11 bits per heavy atom. The zero-order valence-electron chi connectivity index (χ0n) is 14.7. The van der Waals surface area contributed by atoms with Crippen LogP contribution in [0.25, 0.3) is 0 Å². The number of sulfonamides is 1. The summed E-state index contributed by atoms with van der Waals surface area (Å²) in [4.78, 5) is 1.83. The summed E-state index contributed by atoms with van der Waals surface area (Å²) in [6, 6.07) is 2.40. The molecule has 0 saturated carbocycles. The lowest BCUT2D eigenvalue weighted by Gasteiger charge is -2.35. The highest BCUT2D eigenvalue weighted by Gasteiger charge is 2.35. The van der Waals surface area contributed by atoms with Crippen molar-refractivity contribution < 1.29 is 26.3 Å². The largest absolute Gasteiger partial charge is 0.416 e. The molecule has 152 valence electrons. The highest BCUT2D eigenvalue weighted by atomic mass is 35.5. The van der Waals surface area contributed by atoms with E-state index in [0.717, 1.165) is 31.8 Å². The van der Waals surface area contributed by atoms with Gasteiger partial charge in [-0.3, -0.25) is 4.90 Å². The van der Waals surface area contributed by atoms with Gasteiger partial charge in [0.05, 0.1) is 23.8 Å². The summed E-state index contributed by atoms with van der Waals surface area (Å²) in [6.07, 6.45) is -3.28. The van der Waals surface area contributed by atoms with Crippen molar-refractivity contribution in [3.8, 4) is 0 Å². The van der Waals surface area contributed by atoms with Crippen LogP contribution in [-0.2, 0) is 20.9 Å². The summed E-state index contributed by atoms with van der Waals surface area (Å²) in [5, 5.41) is -0.196. The normalized spacial score (nSPS) is 21.5. The molecule has 5 nitrogen and oxygen atoms in total. The number of benzene rings is 1. The van der Waals surface area contributed by atoms with E-state index in [0.29, 0.717) is 38.0 Å². The Hall–Kier alpha value is -0.870. The Labute approximate surface area is 162 Å². The van der Waals surface area contributed by atoms with Gasteiger partial charge in [-0.25, -0.2) is 8.42 Å². The molecule has 0 spiro atoms. The minimum absolute atomic E-state index is 0.196. The number of nitrogens with zero attached hydrogens (tertiary/aromatic N) is 2. The summed E-state index contributed by atoms with van der Waals surface area (Å²) in [6.45, 7) is 4.62. The predicted octanol–water partition coefficient (Wildman–Crippen LogP) is 3.09. The molecule has 2 fully saturated rings. The Morgan fingerprint density at radius 3 is 2.33 bits per heavy atom. The fraction of sp³-hybridized carbons (Fsp3) is 0.647. The van der Waals surface area contributed by atoms with Crippen molar-refractivity contribution >= 4 is 21.6 Å². The summed E-state index contributed by atoms with van der Waals surface area (Å²) in [5.41, 5.74) is -1.02. The predicted molar refractivity (Wildman–Crippen MR) is 95.2 cm³/mol. The van der Waals surface area contributed by atoms with Gasteiger partial charge >= 0.3 is 6.18 Å². The number of rotatable bonds is 4. The van der Waals surface area contributed by atoms with Crippen LogP contribution in [-0.4, -0.2) is 63.6 Å². The van der Waals surface area contributed by atoms with Gasteiger partial charge in [0.1, 0.15) is 4.90 Å². The number of hydrogen-bond donors (Lipinski definition) is 0. The van der Waals surface area contributed by atoms with E-state index in [1.54, 1.807) is 0 Å². The lowest BCUT2D eigenvalue weighted by Crippen LogP contribution is -2.44. The lowest BCUT2D eigenvalue weighted by molar-refractivity contribution is -0.137. The molecule has 0 bridgehead atoms. The third kappa shape index (κ3) is 4.95. The Bertz CT molecular complexity index is 759. The topological polar surface area (TPSA) is 49.9 Å². The molecule has 1 aromatic carbocycles. The first kappa shape index (κ1) is 20.9. The summed E-state index contributed by atoms with van der Waals surface area (Å²) < 4.78 is 71.0. The van der Waals surface area contributed by atoms with Gasteiger partial charge in [0, 0.05) is 32.7 Å². The molecule has 0 radical (unpaired) electrons. The molecule has 2 aliphatic heterocycles. The zero-order chi connectivity index (χ0) is 19.7. The van der Waals surface area contributed by atoms with Crippen LogP contribution >= 0.6 is 11.6 Å². The van der Waals surface area contributed by atoms with Gasteiger partial charge in [0.25, 0.3) is 0 Å². The summed E-state index contributed by atoms with van der Waals surface area (Å²) in [5.74, 6) is 0.367. The van der Waals surface area contributed by atoms with Crippen molar-refractivity contribution in [2.24, 2.45) is 5.92 Å². The van der Waals surface area contributed by atoms with E-state index in [2.05, 4.69) is 4.90 Å². The Balaban J connectivity index is 1.68. The quantitative estimate of drug-likeness (QED) is 0.742. The van der Waals surface area contributed by atoms with Gasteiger partial charge in [-0.2, -0.15) is 17.5 Å². The second kappa shape index (κ2) is 8.24. The van der Waals surface area contributed by atoms with Crippen molar-refractivity contribution in [3.63, 3.8) is 0 Å². The van der Waals surface area contributed by atoms with E-state index in [4.69, 9.17) is 16.3 Å².